The van der Waals surface area contributed by atoms with E-state index in [4.69, 9.17) is 18.9 Å². The van der Waals surface area contributed by atoms with Crippen molar-refractivity contribution in [3.8, 4) is 0 Å². The maximum atomic E-state index is 13.4. The van der Waals surface area contributed by atoms with E-state index >= 15 is 0 Å². The molecule has 0 radical (unpaired) electrons. The molecule has 14 nitrogen and oxygen atoms in total. The zero-order valence-corrected chi connectivity index (χ0v) is 64.8. The lowest BCUT2D eigenvalue weighted by Crippen LogP contribution is -2.65. The maximum Gasteiger partial charge on any atom is 0.220 e. The lowest BCUT2D eigenvalue weighted by molar-refractivity contribution is -0.359. The van der Waals surface area contributed by atoms with Crippen molar-refractivity contribution in [3.63, 3.8) is 0 Å². The fraction of sp³-hybridized carbons (Fsp3) is 0.719. The molecule has 590 valence electrons. The molecule has 0 aromatic carbocycles. The summed E-state index contributed by atoms with van der Waals surface area (Å²) in [5.74, 6) is -0.263. The summed E-state index contributed by atoms with van der Waals surface area (Å²) >= 11 is 0. The molecule has 2 fully saturated rings. The van der Waals surface area contributed by atoms with Crippen LogP contribution in [0.1, 0.15) is 316 Å². The van der Waals surface area contributed by atoms with Crippen molar-refractivity contribution in [2.24, 2.45) is 0 Å². The minimum atomic E-state index is -1.80. The van der Waals surface area contributed by atoms with E-state index in [1.165, 1.54) is 167 Å². The van der Waals surface area contributed by atoms with E-state index in [0.717, 1.165) is 116 Å². The van der Waals surface area contributed by atoms with E-state index in [-0.39, 0.29) is 18.9 Å². The summed E-state index contributed by atoms with van der Waals surface area (Å²) in [6.45, 7) is 2.68. The first-order valence-electron chi connectivity index (χ1n) is 41.6. The number of nitrogens with one attached hydrogen (secondary N) is 1. The smallest absolute Gasteiger partial charge is 0.220 e. The van der Waals surface area contributed by atoms with Gasteiger partial charge in [-0.25, -0.2) is 0 Å². The van der Waals surface area contributed by atoms with Gasteiger partial charge in [0.25, 0.3) is 0 Å². The number of carbonyl (C=O) groups excluding carboxylic acids is 1. The number of aliphatic hydroxyl groups excluding tert-OH is 8. The summed E-state index contributed by atoms with van der Waals surface area (Å²) in [4.78, 5) is 13.4. The van der Waals surface area contributed by atoms with Gasteiger partial charge in [0.05, 0.1) is 32.0 Å². The third kappa shape index (κ3) is 53.3. The molecular weight excluding hydrogens is 1290 g/mol. The number of allylic oxidation sites excluding steroid dienone is 23. The molecule has 14 heteroatoms. The Morgan fingerprint density at radius 1 is 0.359 bits per heavy atom. The number of rotatable bonds is 68. The van der Waals surface area contributed by atoms with Gasteiger partial charge in [-0.1, -0.05) is 339 Å². The molecule has 9 N–H and O–H groups in total. The molecule has 12 unspecified atom stereocenters. The van der Waals surface area contributed by atoms with Gasteiger partial charge >= 0.3 is 0 Å². The Balaban J connectivity index is 1.65. The van der Waals surface area contributed by atoms with Crippen LogP contribution < -0.4 is 5.32 Å². The Labute approximate surface area is 627 Å². The second-order valence-corrected chi connectivity index (χ2v) is 28.5. The van der Waals surface area contributed by atoms with E-state index in [1.54, 1.807) is 6.08 Å². The van der Waals surface area contributed by atoms with E-state index < -0.39 is 86.8 Å². The van der Waals surface area contributed by atoms with Crippen molar-refractivity contribution in [1.82, 2.24) is 5.32 Å². The third-order valence-corrected chi connectivity index (χ3v) is 19.2. The first-order chi connectivity index (χ1) is 50.6. The topological polar surface area (TPSA) is 228 Å². The minimum Gasteiger partial charge on any atom is -0.394 e. The average molecular weight is 1440 g/mol. The van der Waals surface area contributed by atoms with E-state index in [9.17, 15) is 45.6 Å². The maximum absolute atomic E-state index is 13.4. The summed E-state index contributed by atoms with van der Waals surface area (Å²) in [6, 6.07) is -0.955. The third-order valence-electron chi connectivity index (χ3n) is 19.2. The van der Waals surface area contributed by atoms with Crippen LogP contribution >= 0.6 is 0 Å². The van der Waals surface area contributed by atoms with E-state index in [2.05, 4.69) is 153 Å². The first-order valence-corrected chi connectivity index (χ1v) is 41.6. The number of unbranched alkanes of at least 4 members (excludes halogenated alkanes) is 33. The van der Waals surface area contributed by atoms with Gasteiger partial charge in [0.2, 0.25) is 5.91 Å². The van der Waals surface area contributed by atoms with Crippen molar-refractivity contribution in [2.45, 2.75) is 389 Å². The average Bonchev–Trinajstić information content (AvgIpc) is 0.791. The highest BCUT2D eigenvalue weighted by atomic mass is 16.7. The number of amides is 1. The second kappa shape index (κ2) is 70.8. The van der Waals surface area contributed by atoms with Gasteiger partial charge in [0.1, 0.15) is 48.8 Å². The molecule has 2 aliphatic rings. The molecule has 0 saturated carbocycles. The summed E-state index contributed by atoms with van der Waals surface area (Å²) in [6.07, 6.45) is 90.7. The lowest BCUT2D eigenvalue weighted by Gasteiger charge is -2.46. The number of ether oxygens (including phenoxy) is 4. The molecule has 0 aromatic rings. The highest BCUT2D eigenvalue weighted by molar-refractivity contribution is 5.76. The van der Waals surface area contributed by atoms with Gasteiger partial charge in [-0.05, 0) is 116 Å². The number of carbonyl (C=O) groups is 1. The van der Waals surface area contributed by atoms with Crippen molar-refractivity contribution in [2.75, 3.05) is 19.8 Å². The molecule has 2 rings (SSSR count). The van der Waals surface area contributed by atoms with E-state index in [1.807, 2.05) is 6.08 Å². The largest absolute Gasteiger partial charge is 0.394 e. The molecule has 0 bridgehead atoms. The predicted molar refractivity (Wildman–Crippen MR) is 428 cm³/mol. The first kappa shape index (κ1) is 94.9. The lowest BCUT2D eigenvalue weighted by atomic mass is 9.97. The molecule has 1 amide bonds. The van der Waals surface area contributed by atoms with Crippen LogP contribution in [0.25, 0.3) is 0 Å². The van der Waals surface area contributed by atoms with Gasteiger partial charge in [0, 0.05) is 6.42 Å². The van der Waals surface area contributed by atoms with Crippen LogP contribution in [-0.4, -0.2) is 140 Å². The van der Waals surface area contributed by atoms with Crippen LogP contribution in [0.3, 0.4) is 0 Å². The van der Waals surface area contributed by atoms with Crippen LogP contribution in [0, 0.1) is 0 Å². The van der Waals surface area contributed by atoms with Crippen LogP contribution in [-0.2, 0) is 23.7 Å². The molecular formula is C89H151NO13. The normalized spacial score (nSPS) is 22.3. The molecule has 0 aromatic heterocycles. The SMILES string of the molecule is CC/C=C\C/C=C\C/C=C\C/C=C\C/C=C\C/C=C\C/C=C\C/C=C\C/C=C\CCCCCCCCCCCC(=O)NC(COC1OC(CO)C(OC2OC(CO)C(O)C(O)C2O)C(O)C1O)C(O)/C=C/CC/C=C/CC/C=C/CCCCCCCCCCCCCCCCCCCCCCCC. The number of hydrogen-bond acceptors (Lipinski definition) is 13. The zero-order valence-electron chi connectivity index (χ0n) is 64.8. The molecule has 103 heavy (non-hydrogen) atoms. The summed E-state index contributed by atoms with van der Waals surface area (Å²) < 4.78 is 22.9. The number of hydrogen-bond donors (Lipinski definition) is 9. The van der Waals surface area contributed by atoms with Gasteiger partial charge in [-0.15, -0.1) is 0 Å². The fourth-order valence-electron chi connectivity index (χ4n) is 12.7. The molecule has 2 aliphatic heterocycles. The second-order valence-electron chi connectivity index (χ2n) is 28.5. The Bertz CT molecular complexity index is 2300. The Morgan fingerprint density at radius 2 is 0.680 bits per heavy atom. The quantitative estimate of drug-likeness (QED) is 0.0204. The van der Waals surface area contributed by atoms with Crippen LogP contribution in [0.5, 0.6) is 0 Å². The molecule has 2 saturated heterocycles. The highest BCUT2D eigenvalue weighted by Crippen LogP contribution is 2.30. The van der Waals surface area contributed by atoms with Crippen molar-refractivity contribution >= 4 is 5.91 Å². The van der Waals surface area contributed by atoms with Gasteiger partial charge in [0.15, 0.2) is 12.6 Å². The van der Waals surface area contributed by atoms with Gasteiger partial charge in [-0.2, -0.15) is 0 Å². The molecule has 0 spiro atoms. The minimum absolute atomic E-state index is 0.253. The molecule has 12 atom stereocenters. The molecule has 0 aliphatic carbocycles. The Hall–Kier alpha value is -4.13. The van der Waals surface area contributed by atoms with Crippen LogP contribution in [0.4, 0.5) is 0 Å². The monoisotopic (exact) mass is 1440 g/mol. The van der Waals surface area contributed by atoms with Crippen molar-refractivity contribution in [3.05, 3.63) is 146 Å². The molecule has 2 heterocycles. The van der Waals surface area contributed by atoms with Crippen LogP contribution in [0.2, 0.25) is 0 Å². The van der Waals surface area contributed by atoms with Gasteiger partial charge in [-0.3, -0.25) is 4.79 Å². The Morgan fingerprint density at radius 3 is 1.07 bits per heavy atom. The summed E-state index contributed by atoms with van der Waals surface area (Å²) in [5, 5.41) is 87.7. The fourth-order valence-corrected chi connectivity index (χ4v) is 12.7. The number of aliphatic hydroxyl groups is 8. The van der Waals surface area contributed by atoms with Crippen LogP contribution in [0.15, 0.2) is 146 Å². The van der Waals surface area contributed by atoms with Gasteiger partial charge < -0.3 is 65.1 Å². The zero-order chi connectivity index (χ0) is 74.4. The Kier molecular flexibility index (Phi) is 65.3. The summed E-state index contributed by atoms with van der Waals surface area (Å²) in [5.41, 5.74) is 0. The standard InChI is InChI=1S/C89H151NO13/c1-3-5-7-9-11-13-15-17-19-21-23-25-27-29-31-33-35-37-38-39-40-41-43-45-47-49-51-53-55-57-59-61-63-65-67-69-71-73-81(94)90-77(76-100-88-86(99)84(97)87(80(75-92)102-88)103-89-85(98)83(96)82(95)79(74-91)101-89)78(93)72-70-68-66-64-62-60-58-56-54-52-50-48-46-44-42-36-34-32-30-28-26-24-22-20-18-16-14-12-10-8-6-4-2/h5,7,11,13,17,19,23,25,29,31,35,37,39-40,43,45,49,51,54,56,62,64,70,72,77-80,82-89,91-93,95-99H,3-4,6,8-10,12,14-16,18,20-22,24,26-28,30,32-34,36,38,41-42,44,46-48,50,52-53,55,57-61,63,65-69,71,73-76H2,1-2H3,(H,90,94)/b7-5-,13-11-,19-17-,25-23-,31-29-,37-35-,40-39-,45-43-,51-49-,56-54+,64-62+,72-70+. The summed E-state index contributed by atoms with van der Waals surface area (Å²) in [7, 11) is 0. The van der Waals surface area contributed by atoms with E-state index in [0.29, 0.717) is 12.8 Å². The van der Waals surface area contributed by atoms with Crippen molar-refractivity contribution in [1.29, 1.82) is 0 Å². The van der Waals surface area contributed by atoms with Crippen molar-refractivity contribution < 1.29 is 64.6 Å². The highest BCUT2D eigenvalue weighted by Gasteiger charge is 2.51. The predicted octanol–water partition coefficient (Wildman–Crippen LogP) is 19.5.